The summed E-state index contributed by atoms with van der Waals surface area (Å²) < 4.78 is 0. The fourth-order valence-electron chi connectivity index (χ4n) is 1.90. The van der Waals surface area contributed by atoms with E-state index in [2.05, 4.69) is 5.32 Å². The molecule has 0 bridgehead atoms. The Kier molecular flexibility index (Phi) is 3.57. The van der Waals surface area contributed by atoms with Gasteiger partial charge >= 0.3 is 0 Å². The van der Waals surface area contributed by atoms with Crippen LogP contribution in [0.5, 0.6) is 0 Å². The fraction of sp³-hybridized carbons (Fsp3) is 0.462. The topological polar surface area (TPSA) is 55.1 Å². The molecule has 3 nitrogen and oxygen atoms in total. The predicted molar refractivity (Wildman–Crippen MR) is 64.0 cm³/mol. The third-order valence-corrected chi connectivity index (χ3v) is 3.23. The molecule has 3 N–H and O–H groups in total. The third kappa shape index (κ3) is 2.83. The van der Waals surface area contributed by atoms with Crippen molar-refractivity contribution in [1.29, 1.82) is 0 Å². The molecule has 0 unspecified atom stereocenters. The lowest BCUT2D eigenvalue weighted by Crippen LogP contribution is -2.26. The van der Waals surface area contributed by atoms with Crippen molar-refractivity contribution in [2.45, 2.75) is 25.8 Å². The Bertz CT molecular complexity index is 355. The third-order valence-electron chi connectivity index (χ3n) is 3.23. The van der Waals surface area contributed by atoms with Gasteiger partial charge in [-0.15, -0.1) is 0 Å². The minimum atomic E-state index is -0.367. The molecule has 0 heterocycles. The van der Waals surface area contributed by atoms with Gasteiger partial charge in [-0.3, -0.25) is 4.79 Å². The molecule has 86 valence electrons. The molecule has 0 aromatic heterocycles. The number of rotatable bonds is 5. The van der Waals surface area contributed by atoms with E-state index in [0.29, 0.717) is 5.56 Å². The van der Waals surface area contributed by atoms with Crippen LogP contribution in [0.2, 0.25) is 0 Å². The van der Waals surface area contributed by atoms with Gasteiger partial charge in [0.05, 0.1) is 0 Å². The van der Waals surface area contributed by atoms with Crippen LogP contribution in [0.25, 0.3) is 0 Å². The van der Waals surface area contributed by atoms with E-state index in [-0.39, 0.29) is 5.91 Å². The predicted octanol–water partition coefficient (Wildman–Crippen LogP) is 1.68. The number of nitrogens with one attached hydrogen (secondary N) is 1. The summed E-state index contributed by atoms with van der Waals surface area (Å²) in [6, 6.07) is 7.47. The maximum Gasteiger partial charge on any atom is 0.248 e. The largest absolute Gasteiger partial charge is 0.366 e. The van der Waals surface area contributed by atoms with Crippen LogP contribution < -0.4 is 11.1 Å². The second-order valence-corrected chi connectivity index (χ2v) is 4.49. The van der Waals surface area contributed by atoms with Gasteiger partial charge in [-0.2, -0.15) is 0 Å². The molecule has 1 aromatic rings. The summed E-state index contributed by atoms with van der Waals surface area (Å²) in [5.41, 5.74) is 6.95. The van der Waals surface area contributed by atoms with Crippen molar-refractivity contribution in [3.05, 3.63) is 35.4 Å². The molecule has 3 heteroatoms. The maximum atomic E-state index is 10.9. The fourth-order valence-corrected chi connectivity index (χ4v) is 1.90. The molecule has 2 rings (SSSR count). The summed E-state index contributed by atoms with van der Waals surface area (Å²) in [6.07, 6.45) is 4.13. The number of amides is 1. The number of carbonyl (C=O) groups excluding carboxylic acids is 1. The quantitative estimate of drug-likeness (QED) is 0.790. The Hall–Kier alpha value is -1.35. The normalized spacial score (nSPS) is 15.8. The average Bonchev–Trinajstić information content (AvgIpc) is 2.22. The summed E-state index contributed by atoms with van der Waals surface area (Å²) in [7, 11) is 0. The Labute approximate surface area is 96.0 Å². The van der Waals surface area contributed by atoms with Gasteiger partial charge in [-0.1, -0.05) is 18.6 Å². The Morgan fingerprint density at radius 1 is 1.31 bits per heavy atom. The Morgan fingerprint density at radius 2 is 2.00 bits per heavy atom. The SMILES string of the molecule is NC(=O)c1ccc(CNCC2CCC2)cc1. The van der Waals surface area contributed by atoms with Crippen molar-refractivity contribution < 1.29 is 4.79 Å². The van der Waals surface area contributed by atoms with Crippen molar-refractivity contribution in [1.82, 2.24) is 5.32 Å². The van der Waals surface area contributed by atoms with Crippen LogP contribution in [0, 0.1) is 5.92 Å². The monoisotopic (exact) mass is 218 g/mol. The number of benzene rings is 1. The van der Waals surface area contributed by atoms with Gasteiger partial charge in [-0.25, -0.2) is 0 Å². The standard InChI is InChI=1S/C13H18N2O/c14-13(16)12-6-4-11(5-7-12)9-15-8-10-2-1-3-10/h4-7,10,15H,1-3,8-9H2,(H2,14,16). The molecule has 1 aliphatic carbocycles. The first-order valence-electron chi connectivity index (χ1n) is 5.85. The number of hydrogen-bond acceptors (Lipinski definition) is 2. The smallest absolute Gasteiger partial charge is 0.248 e. The van der Waals surface area contributed by atoms with Crippen molar-refractivity contribution >= 4 is 5.91 Å². The first-order chi connectivity index (χ1) is 7.75. The molecule has 0 atom stereocenters. The lowest BCUT2D eigenvalue weighted by Gasteiger charge is -2.25. The zero-order chi connectivity index (χ0) is 11.4. The van der Waals surface area contributed by atoms with Crippen LogP contribution in [0.4, 0.5) is 0 Å². The molecule has 0 saturated heterocycles. The molecule has 1 fully saturated rings. The minimum Gasteiger partial charge on any atom is -0.366 e. The van der Waals surface area contributed by atoms with Gasteiger partial charge in [-0.05, 0) is 43.0 Å². The van der Waals surface area contributed by atoms with Crippen molar-refractivity contribution in [3.8, 4) is 0 Å². The van der Waals surface area contributed by atoms with Gasteiger partial charge in [0.15, 0.2) is 0 Å². The van der Waals surface area contributed by atoms with Gasteiger partial charge < -0.3 is 11.1 Å². The van der Waals surface area contributed by atoms with Gasteiger partial charge in [0.25, 0.3) is 0 Å². The molecule has 0 radical (unpaired) electrons. The zero-order valence-corrected chi connectivity index (χ0v) is 9.41. The second kappa shape index (κ2) is 5.12. The molecular weight excluding hydrogens is 200 g/mol. The molecular formula is C13H18N2O. The van der Waals surface area contributed by atoms with E-state index in [1.807, 2.05) is 12.1 Å². The number of primary amides is 1. The van der Waals surface area contributed by atoms with Gasteiger partial charge in [0.1, 0.15) is 0 Å². The van der Waals surface area contributed by atoms with Gasteiger partial charge in [0, 0.05) is 12.1 Å². The number of nitrogens with two attached hydrogens (primary N) is 1. The Balaban J connectivity index is 1.78. The average molecular weight is 218 g/mol. The lowest BCUT2D eigenvalue weighted by atomic mass is 9.85. The molecule has 1 saturated carbocycles. The number of hydrogen-bond donors (Lipinski definition) is 2. The number of carbonyl (C=O) groups is 1. The highest BCUT2D eigenvalue weighted by atomic mass is 16.1. The first kappa shape index (κ1) is 11.1. The maximum absolute atomic E-state index is 10.9. The van der Waals surface area contributed by atoms with Crippen molar-refractivity contribution in [2.24, 2.45) is 11.7 Å². The second-order valence-electron chi connectivity index (χ2n) is 4.49. The molecule has 0 spiro atoms. The van der Waals surface area contributed by atoms with E-state index >= 15 is 0 Å². The van der Waals surface area contributed by atoms with Crippen LogP contribution in [-0.4, -0.2) is 12.5 Å². The minimum absolute atomic E-state index is 0.367. The van der Waals surface area contributed by atoms with Crippen LogP contribution >= 0.6 is 0 Å². The van der Waals surface area contributed by atoms with Crippen LogP contribution in [0.1, 0.15) is 35.2 Å². The van der Waals surface area contributed by atoms with Crippen LogP contribution in [0.3, 0.4) is 0 Å². The van der Waals surface area contributed by atoms with E-state index in [4.69, 9.17) is 5.73 Å². The highest BCUT2D eigenvalue weighted by molar-refractivity contribution is 5.92. The summed E-state index contributed by atoms with van der Waals surface area (Å²) in [6.45, 7) is 1.98. The molecule has 1 amide bonds. The lowest BCUT2D eigenvalue weighted by molar-refractivity contribution is 0.100. The van der Waals surface area contributed by atoms with Crippen LogP contribution in [0.15, 0.2) is 24.3 Å². The summed E-state index contributed by atoms with van der Waals surface area (Å²) in [4.78, 5) is 10.9. The highest BCUT2D eigenvalue weighted by Gasteiger charge is 2.16. The molecule has 16 heavy (non-hydrogen) atoms. The van der Waals surface area contributed by atoms with E-state index in [1.165, 1.54) is 24.8 Å². The highest BCUT2D eigenvalue weighted by Crippen LogP contribution is 2.25. The van der Waals surface area contributed by atoms with E-state index in [1.54, 1.807) is 12.1 Å². The van der Waals surface area contributed by atoms with Crippen molar-refractivity contribution in [3.63, 3.8) is 0 Å². The van der Waals surface area contributed by atoms with E-state index < -0.39 is 0 Å². The van der Waals surface area contributed by atoms with Crippen molar-refractivity contribution in [2.75, 3.05) is 6.54 Å². The summed E-state index contributed by atoms with van der Waals surface area (Å²) in [5.74, 6) is 0.513. The molecule has 0 aliphatic heterocycles. The van der Waals surface area contributed by atoms with E-state index in [9.17, 15) is 4.79 Å². The molecule has 1 aliphatic rings. The zero-order valence-electron chi connectivity index (χ0n) is 9.41. The summed E-state index contributed by atoms with van der Waals surface area (Å²) >= 11 is 0. The van der Waals surface area contributed by atoms with Gasteiger partial charge in [0.2, 0.25) is 5.91 Å². The van der Waals surface area contributed by atoms with E-state index in [0.717, 1.165) is 19.0 Å². The Morgan fingerprint density at radius 3 is 2.50 bits per heavy atom. The summed E-state index contributed by atoms with van der Waals surface area (Å²) in [5, 5.41) is 3.44. The van der Waals surface area contributed by atoms with Crippen LogP contribution in [-0.2, 0) is 6.54 Å². The first-order valence-corrected chi connectivity index (χ1v) is 5.85. The molecule has 1 aromatic carbocycles.